The molecule has 1 aliphatic rings. The van der Waals surface area contributed by atoms with Gasteiger partial charge in [0, 0.05) is 6.42 Å². The fourth-order valence-electron chi connectivity index (χ4n) is 11.2. The average molecular weight is 1050 g/mol. The minimum absolute atomic E-state index is 0.130. The number of hydrogen-bond acceptors (Lipinski definition) is 8. The first-order valence-corrected chi connectivity index (χ1v) is 33.2. The number of carbonyl (C=O) groups is 1. The summed E-state index contributed by atoms with van der Waals surface area (Å²) in [6.07, 6.45) is 61.6. The molecule has 0 bridgehead atoms. The van der Waals surface area contributed by atoms with Crippen molar-refractivity contribution in [3.8, 4) is 0 Å². The second kappa shape index (κ2) is 55.5. The van der Waals surface area contributed by atoms with Crippen LogP contribution in [0.5, 0.6) is 0 Å². The van der Waals surface area contributed by atoms with Crippen LogP contribution in [0.2, 0.25) is 0 Å². The van der Waals surface area contributed by atoms with Crippen LogP contribution in [0.15, 0.2) is 0 Å². The lowest BCUT2D eigenvalue weighted by molar-refractivity contribution is -0.302. The maximum Gasteiger partial charge on any atom is 0.220 e. The molecular weight excluding hydrogens is 923 g/mol. The summed E-state index contributed by atoms with van der Waals surface area (Å²) in [6.45, 7) is 3.90. The highest BCUT2D eigenvalue weighted by molar-refractivity contribution is 5.76. The van der Waals surface area contributed by atoms with E-state index in [-0.39, 0.29) is 12.5 Å². The topological polar surface area (TPSA) is 149 Å². The average Bonchev–Trinajstić information content (AvgIpc) is 3.40. The Balaban J connectivity index is 2.10. The van der Waals surface area contributed by atoms with Gasteiger partial charge in [-0.1, -0.05) is 335 Å². The molecular formula is C65H129NO8. The number of aliphatic hydroxyl groups is 5. The van der Waals surface area contributed by atoms with Crippen molar-refractivity contribution in [3.05, 3.63) is 0 Å². The molecule has 7 unspecified atom stereocenters. The van der Waals surface area contributed by atoms with Gasteiger partial charge in [-0.3, -0.25) is 4.79 Å². The fraction of sp³-hybridized carbons (Fsp3) is 0.985. The Kier molecular flexibility index (Phi) is 53.4. The summed E-state index contributed by atoms with van der Waals surface area (Å²) >= 11 is 0. The van der Waals surface area contributed by atoms with Crippen molar-refractivity contribution >= 4 is 5.91 Å². The number of nitrogens with one attached hydrogen (secondary N) is 1. The molecule has 1 amide bonds. The molecule has 0 aromatic carbocycles. The van der Waals surface area contributed by atoms with Gasteiger partial charge in [-0.15, -0.1) is 0 Å². The van der Waals surface area contributed by atoms with Crippen LogP contribution in [0.4, 0.5) is 0 Å². The van der Waals surface area contributed by atoms with Gasteiger partial charge in [0.25, 0.3) is 0 Å². The molecule has 0 saturated carbocycles. The minimum atomic E-state index is -1.55. The summed E-state index contributed by atoms with van der Waals surface area (Å²) in [5.74, 6) is -0.134. The van der Waals surface area contributed by atoms with Gasteiger partial charge in [0.2, 0.25) is 5.91 Å². The molecule has 1 saturated heterocycles. The van der Waals surface area contributed by atoms with Crippen molar-refractivity contribution in [1.82, 2.24) is 5.32 Å². The molecule has 7 atom stereocenters. The van der Waals surface area contributed by atoms with E-state index < -0.39 is 49.5 Å². The minimum Gasteiger partial charge on any atom is -0.394 e. The van der Waals surface area contributed by atoms with Gasteiger partial charge < -0.3 is 40.3 Å². The lowest BCUT2D eigenvalue weighted by atomic mass is 9.99. The Morgan fingerprint density at radius 2 is 0.676 bits per heavy atom. The van der Waals surface area contributed by atoms with Gasteiger partial charge in [0.15, 0.2) is 6.29 Å². The van der Waals surface area contributed by atoms with E-state index in [4.69, 9.17) is 9.47 Å². The monoisotopic (exact) mass is 1050 g/mol. The molecule has 9 nitrogen and oxygen atoms in total. The standard InChI is InChI=1S/C65H129NO8/c1-3-5-7-9-11-13-15-17-19-21-23-25-26-27-28-29-30-31-32-33-34-35-36-38-40-42-44-46-48-50-52-54-59(68)58(57-73-65-64(72)63(71)62(70)60(56-67)74-65)66-61(69)55-53-51-49-47-45-43-41-39-37-24-22-20-18-16-14-12-10-8-6-4-2/h58-60,62-65,67-68,70-72H,3-57H2,1-2H3,(H,66,69). The van der Waals surface area contributed by atoms with E-state index in [1.807, 2.05) is 0 Å². The first kappa shape index (κ1) is 71.2. The zero-order valence-corrected chi connectivity index (χ0v) is 49.4. The normalized spacial score (nSPS) is 18.8. The van der Waals surface area contributed by atoms with Crippen molar-refractivity contribution < 1.29 is 39.8 Å². The Morgan fingerprint density at radius 3 is 0.959 bits per heavy atom. The molecule has 0 aromatic rings. The van der Waals surface area contributed by atoms with Crippen LogP contribution in [0.25, 0.3) is 0 Å². The molecule has 0 aliphatic carbocycles. The largest absolute Gasteiger partial charge is 0.394 e. The third-order valence-electron chi connectivity index (χ3n) is 16.5. The first-order chi connectivity index (χ1) is 36.3. The molecule has 0 spiro atoms. The summed E-state index contributed by atoms with van der Waals surface area (Å²) in [5, 5.41) is 54.9. The highest BCUT2D eigenvalue weighted by Crippen LogP contribution is 2.24. The van der Waals surface area contributed by atoms with Crippen LogP contribution in [-0.4, -0.2) is 87.5 Å². The highest BCUT2D eigenvalue weighted by Gasteiger charge is 2.44. The molecule has 1 fully saturated rings. The molecule has 0 radical (unpaired) electrons. The van der Waals surface area contributed by atoms with E-state index in [9.17, 15) is 30.3 Å². The zero-order valence-electron chi connectivity index (χ0n) is 49.4. The third-order valence-corrected chi connectivity index (χ3v) is 16.5. The molecule has 1 aliphatic heterocycles. The second-order valence-corrected chi connectivity index (χ2v) is 23.6. The van der Waals surface area contributed by atoms with Gasteiger partial charge in [0.1, 0.15) is 24.4 Å². The van der Waals surface area contributed by atoms with Crippen molar-refractivity contribution in [3.63, 3.8) is 0 Å². The fourth-order valence-corrected chi connectivity index (χ4v) is 11.2. The number of aliphatic hydroxyl groups excluding tert-OH is 5. The Hall–Kier alpha value is -0.810. The Bertz CT molecular complexity index is 1130. The predicted octanol–water partition coefficient (Wildman–Crippen LogP) is 17.4. The third kappa shape index (κ3) is 44.1. The van der Waals surface area contributed by atoms with E-state index in [1.165, 1.54) is 289 Å². The Labute approximate surface area is 459 Å². The van der Waals surface area contributed by atoms with Crippen LogP contribution < -0.4 is 5.32 Å². The Morgan fingerprint density at radius 1 is 0.405 bits per heavy atom. The number of hydrogen-bond donors (Lipinski definition) is 6. The maximum absolute atomic E-state index is 13.1. The van der Waals surface area contributed by atoms with Crippen molar-refractivity contribution in [2.75, 3.05) is 13.2 Å². The summed E-state index contributed by atoms with van der Waals surface area (Å²) in [5.41, 5.74) is 0. The summed E-state index contributed by atoms with van der Waals surface area (Å²) in [4.78, 5) is 13.1. The molecule has 9 heteroatoms. The number of unbranched alkanes of at least 4 members (excludes halogenated alkanes) is 49. The molecule has 1 heterocycles. The van der Waals surface area contributed by atoms with E-state index >= 15 is 0 Å². The highest BCUT2D eigenvalue weighted by atomic mass is 16.7. The number of rotatable bonds is 59. The van der Waals surface area contributed by atoms with Gasteiger partial charge in [-0.25, -0.2) is 0 Å². The van der Waals surface area contributed by atoms with Gasteiger partial charge in [-0.05, 0) is 12.8 Å². The van der Waals surface area contributed by atoms with Gasteiger partial charge >= 0.3 is 0 Å². The first-order valence-electron chi connectivity index (χ1n) is 33.2. The number of amides is 1. The van der Waals surface area contributed by atoms with Crippen molar-refractivity contribution in [1.29, 1.82) is 0 Å². The molecule has 442 valence electrons. The smallest absolute Gasteiger partial charge is 0.220 e. The van der Waals surface area contributed by atoms with E-state index in [1.54, 1.807) is 0 Å². The van der Waals surface area contributed by atoms with E-state index in [2.05, 4.69) is 19.2 Å². The number of ether oxygens (including phenoxy) is 2. The van der Waals surface area contributed by atoms with Crippen LogP contribution in [0.1, 0.15) is 354 Å². The van der Waals surface area contributed by atoms with Crippen LogP contribution >= 0.6 is 0 Å². The summed E-state index contributed by atoms with van der Waals surface area (Å²) in [6, 6.07) is -0.714. The predicted molar refractivity (Wildman–Crippen MR) is 314 cm³/mol. The summed E-state index contributed by atoms with van der Waals surface area (Å²) in [7, 11) is 0. The maximum atomic E-state index is 13.1. The van der Waals surface area contributed by atoms with Gasteiger partial charge in [0.05, 0.1) is 25.4 Å². The van der Waals surface area contributed by atoms with Crippen molar-refractivity contribution in [2.24, 2.45) is 0 Å². The molecule has 6 N–H and O–H groups in total. The molecule has 74 heavy (non-hydrogen) atoms. The lowest BCUT2D eigenvalue weighted by Gasteiger charge is -2.40. The second-order valence-electron chi connectivity index (χ2n) is 23.6. The summed E-state index contributed by atoms with van der Waals surface area (Å²) < 4.78 is 11.4. The van der Waals surface area contributed by atoms with Gasteiger partial charge in [-0.2, -0.15) is 0 Å². The lowest BCUT2D eigenvalue weighted by Crippen LogP contribution is -2.60. The van der Waals surface area contributed by atoms with Crippen LogP contribution in [0.3, 0.4) is 0 Å². The number of carbonyl (C=O) groups excluding carboxylic acids is 1. The molecule has 1 rings (SSSR count). The van der Waals surface area contributed by atoms with Crippen LogP contribution in [-0.2, 0) is 14.3 Å². The molecule has 0 aromatic heterocycles. The quantitative estimate of drug-likeness (QED) is 0.0330. The SMILES string of the molecule is CCCCCCCCCCCCCCCCCCCCCCCCCCCCCCCCCC(O)C(COC1OC(CO)C(O)C(O)C1O)NC(=O)CCCCCCCCCCCCCCCCCCCCCC. The zero-order chi connectivity index (χ0) is 53.6. The van der Waals surface area contributed by atoms with E-state index in [0.29, 0.717) is 12.8 Å². The van der Waals surface area contributed by atoms with Crippen molar-refractivity contribution in [2.45, 2.75) is 397 Å². The van der Waals surface area contributed by atoms with Crippen LogP contribution in [0, 0.1) is 0 Å². The van der Waals surface area contributed by atoms with E-state index in [0.717, 1.165) is 38.5 Å².